The number of methoxy groups -OCH3 is 2. The van der Waals surface area contributed by atoms with Crippen LogP contribution in [0.25, 0.3) is 0 Å². The molecule has 0 radical (unpaired) electrons. The third-order valence-corrected chi connectivity index (χ3v) is 2.67. The zero-order valence-electron chi connectivity index (χ0n) is 13.3. The minimum absolute atomic E-state index is 0.132. The van der Waals surface area contributed by atoms with E-state index in [2.05, 4.69) is 5.32 Å². The first-order valence-corrected chi connectivity index (χ1v) is 6.61. The van der Waals surface area contributed by atoms with Gasteiger partial charge in [0.25, 0.3) is 0 Å². The Morgan fingerprint density at radius 1 is 1.23 bits per heavy atom. The Labute approximate surface area is 129 Å². The number of ether oxygens (including phenoxy) is 3. The smallest absolute Gasteiger partial charge is 0.408 e. The predicted octanol–water partition coefficient (Wildman–Crippen LogP) is 2.17. The van der Waals surface area contributed by atoms with Gasteiger partial charge in [-0.25, -0.2) is 4.79 Å². The van der Waals surface area contributed by atoms with Gasteiger partial charge in [0.1, 0.15) is 17.9 Å². The summed E-state index contributed by atoms with van der Waals surface area (Å²) in [4.78, 5) is 23.0. The number of rotatable bonds is 5. The Balaban J connectivity index is 3.05. The van der Waals surface area contributed by atoms with Crippen molar-refractivity contribution in [1.29, 1.82) is 0 Å². The Bertz CT molecular complexity index is 524. The van der Waals surface area contributed by atoms with E-state index in [0.29, 0.717) is 11.8 Å². The largest absolute Gasteiger partial charge is 0.502 e. The average molecular weight is 311 g/mol. The topological polar surface area (TPSA) is 94.1 Å². The fraction of sp³-hybridized carbons (Fsp3) is 0.467. The molecular weight excluding hydrogens is 290 g/mol. The monoisotopic (exact) mass is 311 g/mol. The van der Waals surface area contributed by atoms with Crippen LogP contribution in [-0.4, -0.2) is 37.3 Å². The van der Waals surface area contributed by atoms with Crippen molar-refractivity contribution in [3.8, 4) is 17.2 Å². The zero-order chi connectivity index (χ0) is 16.9. The molecule has 0 heterocycles. The molecule has 1 rings (SSSR count). The highest BCUT2D eigenvalue weighted by Crippen LogP contribution is 2.38. The number of aldehydes is 1. The van der Waals surface area contributed by atoms with Gasteiger partial charge in [0.15, 0.2) is 11.5 Å². The summed E-state index contributed by atoms with van der Waals surface area (Å²) in [6, 6.07) is 1.92. The van der Waals surface area contributed by atoms with Crippen LogP contribution in [0, 0.1) is 0 Å². The van der Waals surface area contributed by atoms with E-state index in [9.17, 15) is 14.7 Å². The van der Waals surface area contributed by atoms with Gasteiger partial charge in [-0.3, -0.25) is 0 Å². The highest BCUT2D eigenvalue weighted by atomic mass is 16.6. The van der Waals surface area contributed by atoms with Crippen molar-refractivity contribution >= 4 is 12.4 Å². The number of hydrogen-bond donors (Lipinski definition) is 2. The number of nitrogens with one attached hydrogen (secondary N) is 1. The van der Waals surface area contributed by atoms with Gasteiger partial charge in [-0.05, 0) is 38.5 Å². The lowest BCUT2D eigenvalue weighted by atomic mass is 10.1. The number of hydrogen-bond acceptors (Lipinski definition) is 6. The summed E-state index contributed by atoms with van der Waals surface area (Å²) in [7, 11) is 2.74. The Kier molecular flexibility index (Phi) is 5.62. The van der Waals surface area contributed by atoms with Gasteiger partial charge in [-0.2, -0.15) is 0 Å². The quantitative estimate of drug-likeness (QED) is 0.809. The third-order valence-electron chi connectivity index (χ3n) is 2.67. The van der Waals surface area contributed by atoms with E-state index in [0.717, 1.165) is 0 Å². The van der Waals surface area contributed by atoms with Crippen LogP contribution in [0.4, 0.5) is 4.79 Å². The molecule has 2 N–H and O–H groups in total. The van der Waals surface area contributed by atoms with E-state index in [1.807, 2.05) is 0 Å². The van der Waals surface area contributed by atoms with E-state index in [1.54, 1.807) is 20.8 Å². The molecule has 1 aromatic carbocycles. The number of amides is 1. The van der Waals surface area contributed by atoms with E-state index >= 15 is 0 Å². The predicted molar refractivity (Wildman–Crippen MR) is 79.4 cm³/mol. The molecule has 0 saturated heterocycles. The van der Waals surface area contributed by atoms with Crippen molar-refractivity contribution in [1.82, 2.24) is 5.32 Å². The molecule has 7 nitrogen and oxygen atoms in total. The fourth-order valence-corrected chi connectivity index (χ4v) is 1.72. The van der Waals surface area contributed by atoms with Crippen molar-refractivity contribution in [3.63, 3.8) is 0 Å². The van der Waals surface area contributed by atoms with Gasteiger partial charge in [-0.15, -0.1) is 0 Å². The number of aromatic hydroxyl groups is 1. The minimum atomic E-state index is -0.960. The summed E-state index contributed by atoms with van der Waals surface area (Å²) in [5.41, 5.74) is -0.283. The number of phenolic OH excluding ortho intramolecular Hbond substituents is 1. The molecule has 0 bridgehead atoms. The van der Waals surface area contributed by atoms with Crippen molar-refractivity contribution in [3.05, 3.63) is 17.7 Å². The summed E-state index contributed by atoms with van der Waals surface area (Å²) in [5.74, 6) is 0.0787. The standard InChI is InChI=1S/C15H21NO6/c1-15(2,3)22-14(19)16-10(8-17)9-6-11(20-4)13(18)12(7-9)21-5/h6-8,10,18H,1-5H3,(H,16,19). The Hall–Kier alpha value is -2.44. The van der Waals surface area contributed by atoms with Gasteiger partial charge in [0.2, 0.25) is 5.75 Å². The molecule has 0 aromatic heterocycles. The molecule has 0 aliphatic rings. The lowest BCUT2D eigenvalue weighted by molar-refractivity contribution is -0.109. The highest BCUT2D eigenvalue weighted by molar-refractivity contribution is 5.75. The Morgan fingerprint density at radius 2 is 1.73 bits per heavy atom. The molecule has 0 spiro atoms. The van der Waals surface area contributed by atoms with Crippen molar-refractivity contribution < 1.29 is 28.9 Å². The number of alkyl carbamates (subject to hydrolysis) is 1. The lowest BCUT2D eigenvalue weighted by Crippen LogP contribution is -2.35. The molecule has 122 valence electrons. The van der Waals surface area contributed by atoms with Crippen LogP contribution in [0.2, 0.25) is 0 Å². The summed E-state index contributed by atoms with van der Waals surface area (Å²) < 4.78 is 15.1. The highest BCUT2D eigenvalue weighted by Gasteiger charge is 2.22. The molecule has 22 heavy (non-hydrogen) atoms. The van der Waals surface area contributed by atoms with Crippen LogP contribution in [0.1, 0.15) is 32.4 Å². The molecule has 7 heteroatoms. The number of carbonyl (C=O) groups excluding carboxylic acids is 2. The van der Waals surface area contributed by atoms with E-state index < -0.39 is 17.7 Å². The first-order chi connectivity index (χ1) is 10.2. The van der Waals surface area contributed by atoms with E-state index in [-0.39, 0.29) is 17.2 Å². The summed E-state index contributed by atoms with van der Waals surface area (Å²) >= 11 is 0. The van der Waals surface area contributed by atoms with Crippen molar-refractivity contribution in [2.75, 3.05) is 14.2 Å². The van der Waals surface area contributed by atoms with Gasteiger partial charge < -0.3 is 29.4 Å². The second-order valence-electron chi connectivity index (χ2n) is 5.53. The maximum absolute atomic E-state index is 11.8. The van der Waals surface area contributed by atoms with Crippen molar-refractivity contribution in [2.45, 2.75) is 32.4 Å². The summed E-state index contributed by atoms with van der Waals surface area (Å²) in [5, 5.41) is 12.3. The molecule has 0 fully saturated rings. The Morgan fingerprint density at radius 3 is 2.09 bits per heavy atom. The molecule has 1 amide bonds. The summed E-state index contributed by atoms with van der Waals surface area (Å²) in [6.07, 6.45) is -0.176. The maximum Gasteiger partial charge on any atom is 0.408 e. The van der Waals surface area contributed by atoms with E-state index in [1.165, 1.54) is 26.4 Å². The normalized spacial score (nSPS) is 12.2. The zero-order valence-corrected chi connectivity index (χ0v) is 13.3. The van der Waals surface area contributed by atoms with Gasteiger partial charge in [0.05, 0.1) is 14.2 Å². The lowest BCUT2D eigenvalue weighted by Gasteiger charge is -2.22. The van der Waals surface area contributed by atoms with Crippen LogP contribution in [0.3, 0.4) is 0 Å². The molecule has 0 aliphatic carbocycles. The van der Waals surface area contributed by atoms with Crippen LogP contribution in [0.15, 0.2) is 12.1 Å². The third kappa shape index (κ3) is 4.54. The van der Waals surface area contributed by atoms with Crippen molar-refractivity contribution in [2.24, 2.45) is 0 Å². The van der Waals surface area contributed by atoms with E-state index in [4.69, 9.17) is 14.2 Å². The molecule has 1 unspecified atom stereocenters. The van der Waals surface area contributed by atoms with Crippen LogP contribution in [-0.2, 0) is 9.53 Å². The molecular formula is C15H21NO6. The summed E-state index contributed by atoms with van der Waals surface area (Å²) in [6.45, 7) is 5.15. The SMILES string of the molecule is COc1cc(C(C=O)NC(=O)OC(C)(C)C)cc(OC)c1O. The fourth-order valence-electron chi connectivity index (χ4n) is 1.72. The maximum atomic E-state index is 11.8. The number of phenols is 1. The van der Waals surface area contributed by atoms with Crippen LogP contribution >= 0.6 is 0 Å². The van der Waals surface area contributed by atoms with Crippen LogP contribution < -0.4 is 14.8 Å². The molecule has 1 aromatic rings. The second-order valence-corrected chi connectivity index (χ2v) is 5.53. The van der Waals surface area contributed by atoms with Crippen LogP contribution in [0.5, 0.6) is 17.2 Å². The molecule has 0 saturated carbocycles. The van der Waals surface area contributed by atoms with Gasteiger partial charge >= 0.3 is 6.09 Å². The van der Waals surface area contributed by atoms with Gasteiger partial charge in [-0.1, -0.05) is 0 Å². The molecule has 0 aliphatic heterocycles. The first kappa shape index (κ1) is 17.6. The second kappa shape index (κ2) is 7.02. The number of benzene rings is 1. The molecule has 1 atom stereocenters. The average Bonchev–Trinajstić information content (AvgIpc) is 2.43. The minimum Gasteiger partial charge on any atom is -0.502 e. The first-order valence-electron chi connectivity index (χ1n) is 6.61. The number of carbonyl (C=O) groups is 2. The van der Waals surface area contributed by atoms with Gasteiger partial charge in [0, 0.05) is 0 Å².